The lowest BCUT2D eigenvalue weighted by atomic mass is 9.72. The summed E-state index contributed by atoms with van der Waals surface area (Å²) >= 11 is 0. The van der Waals surface area contributed by atoms with Crippen molar-refractivity contribution < 1.29 is 13.2 Å². The Kier molecular flexibility index (Phi) is 5.78. The molecule has 1 aromatic carbocycles. The van der Waals surface area contributed by atoms with Gasteiger partial charge in [-0.25, -0.2) is 4.98 Å². The number of benzene rings is 1. The van der Waals surface area contributed by atoms with Gasteiger partial charge < -0.3 is 4.57 Å². The molecule has 1 aliphatic carbocycles. The van der Waals surface area contributed by atoms with Crippen molar-refractivity contribution in [3.8, 4) is 11.3 Å². The third kappa shape index (κ3) is 4.17. The zero-order valence-corrected chi connectivity index (χ0v) is 20.1. The summed E-state index contributed by atoms with van der Waals surface area (Å²) in [5, 5.41) is 16.4. The fourth-order valence-electron chi connectivity index (χ4n) is 5.57. The normalized spacial score (nSPS) is 18.1. The summed E-state index contributed by atoms with van der Waals surface area (Å²) in [5.74, 6) is 1.45. The van der Waals surface area contributed by atoms with Crippen LogP contribution in [0.25, 0.3) is 22.2 Å². The Hall–Kier alpha value is -3.27. The lowest BCUT2D eigenvalue weighted by Gasteiger charge is -2.33. The Morgan fingerprint density at radius 1 is 1.11 bits per heavy atom. The number of hydrogen-bond donors (Lipinski definition) is 1. The van der Waals surface area contributed by atoms with Crippen LogP contribution in [0.1, 0.15) is 60.8 Å². The summed E-state index contributed by atoms with van der Waals surface area (Å²) in [7, 11) is 1.94. The average Bonchev–Trinajstić information content (AvgIpc) is 3.57. The molecular formula is C26H28F3N7. The van der Waals surface area contributed by atoms with E-state index < -0.39 is 11.9 Å². The van der Waals surface area contributed by atoms with Crippen molar-refractivity contribution >= 4 is 10.9 Å². The number of aromatic nitrogens is 6. The van der Waals surface area contributed by atoms with E-state index in [-0.39, 0.29) is 5.92 Å². The summed E-state index contributed by atoms with van der Waals surface area (Å²) in [6.07, 6.45) is 2.70. The number of alkyl halides is 3. The minimum absolute atomic E-state index is 0.0783. The van der Waals surface area contributed by atoms with Gasteiger partial charge in [0.05, 0.1) is 11.2 Å². The number of H-pyrrole nitrogens is 1. The van der Waals surface area contributed by atoms with E-state index in [2.05, 4.69) is 36.3 Å². The highest BCUT2D eigenvalue weighted by Gasteiger charge is 2.35. The minimum Gasteiger partial charge on any atom is -0.320 e. The van der Waals surface area contributed by atoms with E-state index in [0.717, 1.165) is 61.8 Å². The van der Waals surface area contributed by atoms with Crippen molar-refractivity contribution in [3.63, 3.8) is 0 Å². The second kappa shape index (κ2) is 8.99. The first kappa shape index (κ1) is 23.1. The number of nitrogens with one attached hydrogen (secondary N) is 1. The van der Waals surface area contributed by atoms with Gasteiger partial charge in [-0.3, -0.25) is 10.00 Å². The lowest BCUT2D eigenvalue weighted by Crippen LogP contribution is -2.24. The van der Waals surface area contributed by atoms with Crippen molar-refractivity contribution in [3.05, 3.63) is 59.4 Å². The number of pyridine rings is 1. The van der Waals surface area contributed by atoms with Crippen LogP contribution in [0.2, 0.25) is 0 Å². The summed E-state index contributed by atoms with van der Waals surface area (Å²) < 4.78 is 43.4. The van der Waals surface area contributed by atoms with Gasteiger partial charge in [0.1, 0.15) is 23.5 Å². The zero-order valence-electron chi connectivity index (χ0n) is 20.1. The molecule has 10 heteroatoms. The molecule has 2 aliphatic rings. The van der Waals surface area contributed by atoms with Gasteiger partial charge in [-0.1, -0.05) is 24.6 Å². The molecule has 6 rings (SSSR count). The molecule has 1 atom stereocenters. The second-order valence-corrected chi connectivity index (χ2v) is 10.0. The van der Waals surface area contributed by atoms with Crippen LogP contribution in [0.4, 0.5) is 13.2 Å². The second-order valence-electron chi connectivity index (χ2n) is 10.0. The van der Waals surface area contributed by atoms with Crippen LogP contribution >= 0.6 is 0 Å². The number of aryl methyl sites for hydroxylation is 1. The van der Waals surface area contributed by atoms with E-state index in [1.807, 2.05) is 29.8 Å². The number of hydrogen-bond acceptors (Lipinski definition) is 5. The third-order valence-corrected chi connectivity index (χ3v) is 7.66. The molecule has 188 valence electrons. The van der Waals surface area contributed by atoms with Gasteiger partial charge >= 0.3 is 6.18 Å². The van der Waals surface area contributed by atoms with Gasteiger partial charge in [0, 0.05) is 30.5 Å². The molecule has 1 saturated carbocycles. The molecule has 4 heterocycles. The summed E-state index contributed by atoms with van der Waals surface area (Å²) in [6, 6.07) is 9.09. The van der Waals surface area contributed by atoms with E-state index >= 15 is 0 Å². The minimum atomic E-state index is -4.54. The van der Waals surface area contributed by atoms with Gasteiger partial charge in [0.25, 0.3) is 0 Å². The fraction of sp³-hybridized carbons (Fsp3) is 0.462. The van der Waals surface area contributed by atoms with Crippen LogP contribution in [0.3, 0.4) is 0 Å². The monoisotopic (exact) mass is 495 g/mol. The van der Waals surface area contributed by atoms with Crippen molar-refractivity contribution in [2.45, 2.75) is 50.7 Å². The number of halogens is 3. The van der Waals surface area contributed by atoms with Crippen LogP contribution in [-0.2, 0) is 19.8 Å². The molecular weight excluding hydrogens is 467 g/mol. The van der Waals surface area contributed by atoms with Crippen molar-refractivity contribution in [2.24, 2.45) is 13.0 Å². The molecule has 0 bridgehead atoms. The fourth-order valence-corrected chi connectivity index (χ4v) is 5.57. The Labute approximate surface area is 206 Å². The van der Waals surface area contributed by atoms with Crippen LogP contribution in [0.15, 0.2) is 36.7 Å². The zero-order chi connectivity index (χ0) is 24.9. The van der Waals surface area contributed by atoms with Gasteiger partial charge in [0.15, 0.2) is 0 Å². The first-order chi connectivity index (χ1) is 17.4. The van der Waals surface area contributed by atoms with E-state index in [4.69, 9.17) is 0 Å². The predicted octanol–water partition coefficient (Wildman–Crippen LogP) is 5.30. The van der Waals surface area contributed by atoms with Crippen LogP contribution in [-0.4, -0.2) is 47.9 Å². The molecule has 1 aliphatic heterocycles. The highest BCUT2D eigenvalue weighted by Crippen LogP contribution is 2.43. The Bertz CT molecular complexity index is 1380. The van der Waals surface area contributed by atoms with E-state index in [9.17, 15) is 13.2 Å². The number of fused-ring (bicyclic) bond motifs is 1. The number of aromatic amines is 1. The summed E-state index contributed by atoms with van der Waals surface area (Å²) in [4.78, 5) is 6.16. The van der Waals surface area contributed by atoms with Crippen molar-refractivity contribution in [1.29, 1.82) is 0 Å². The van der Waals surface area contributed by atoms with Crippen molar-refractivity contribution in [2.75, 3.05) is 13.1 Å². The Balaban J connectivity index is 1.45. The van der Waals surface area contributed by atoms with E-state index in [1.54, 1.807) is 6.33 Å². The molecule has 3 aromatic heterocycles. The van der Waals surface area contributed by atoms with E-state index in [0.29, 0.717) is 34.8 Å². The highest BCUT2D eigenvalue weighted by molar-refractivity contribution is 5.94. The molecule has 0 spiro atoms. The predicted molar refractivity (Wildman–Crippen MR) is 129 cm³/mol. The highest BCUT2D eigenvalue weighted by atomic mass is 19.4. The van der Waals surface area contributed by atoms with Gasteiger partial charge in [0.2, 0.25) is 0 Å². The maximum atomic E-state index is 13.8. The maximum Gasteiger partial charge on any atom is 0.433 e. The Morgan fingerprint density at radius 2 is 1.92 bits per heavy atom. The standard InChI is InChI=1S/C26H28F3N7/c1-35-15-30-34-25(35)22(16-6-4-7-16)17-8-5-9-18(12-17)23-19-13-21(26(27,28)29)31-20(24(19)33-32-23)14-36-10-2-3-11-36/h5,8-9,12-13,15-16,22H,2-4,6-7,10-11,14H2,1H3,(H,32,33)/t22-/m1/s1. The first-order valence-corrected chi connectivity index (χ1v) is 12.5. The molecule has 0 radical (unpaired) electrons. The molecule has 1 saturated heterocycles. The van der Waals surface area contributed by atoms with E-state index in [1.165, 1.54) is 6.42 Å². The van der Waals surface area contributed by atoms with Gasteiger partial charge in [-0.15, -0.1) is 10.2 Å². The average molecular weight is 496 g/mol. The van der Waals surface area contributed by atoms with Gasteiger partial charge in [-0.05, 0) is 62.4 Å². The lowest BCUT2D eigenvalue weighted by molar-refractivity contribution is -0.141. The quantitative estimate of drug-likeness (QED) is 0.393. The Morgan fingerprint density at radius 3 is 2.58 bits per heavy atom. The number of likely N-dealkylation sites (tertiary alicyclic amines) is 1. The van der Waals surface area contributed by atoms with Crippen LogP contribution in [0.5, 0.6) is 0 Å². The molecule has 2 fully saturated rings. The van der Waals surface area contributed by atoms with Crippen molar-refractivity contribution in [1.82, 2.24) is 34.8 Å². The summed E-state index contributed by atoms with van der Waals surface area (Å²) in [6.45, 7) is 2.11. The number of rotatable bonds is 6. The molecule has 7 nitrogen and oxygen atoms in total. The maximum absolute atomic E-state index is 13.8. The molecule has 0 amide bonds. The molecule has 36 heavy (non-hydrogen) atoms. The summed E-state index contributed by atoms with van der Waals surface area (Å²) in [5.41, 5.74) is 2.44. The largest absolute Gasteiger partial charge is 0.433 e. The topological polar surface area (TPSA) is 75.5 Å². The number of nitrogens with zero attached hydrogens (tertiary/aromatic N) is 6. The van der Waals surface area contributed by atoms with Crippen LogP contribution < -0.4 is 0 Å². The first-order valence-electron chi connectivity index (χ1n) is 12.5. The third-order valence-electron chi connectivity index (χ3n) is 7.66. The van der Waals surface area contributed by atoms with Gasteiger partial charge in [-0.2, -0.15) is 18.3 Å². The molecule has 0 unspecified atom stereocenters. The smallest absolute Gasteiger partial charge is 0.320 e. The molecule has 4 aromatic rings. The molecule has 1 N–H and O–H groups in total. The van der Waals surface area contributed by atoms with Crippen LogP contribution in [0, 0.1) is 5.92 Å². The SMILES string of the molecule is Cn1cnnc1[C@@H](c1cccc(-c2n[nH]c3c(CN4CCCC4)nc(C(F)(F)F)cc23)c1)C1CCC1.